The molecule has 0 saturated heterocycles. The van der Waals surface area contributed by atoms with Crippen molar-refractivity contribution in [2.24, 2.45) is 0 Å². The second-order valence-corrected chi connectivity index (χ2v) is 8.74. The van der Waals surface area contributed by atoms with Gasteiger partial charge in [-0.25, -0.2) is 0 Å². The van der Waals surface area contributed by atoms with E-state index in [9.17, 15) is 0 Å². The summed E-state index contributed by atoms with van der Waals surface area (Å²) in [5, 5.41) is 1.09. The summed E-state index contributed by atoms with van der Waals surface area (Å²) in [6.07, 6.45) is 1.92. The van der Waals surface area contributed by atoms with Crippen LogP contribution in [-0.2, 0) is 20.2 Å². The second-order valence-electron chi connectivity index (χ2n) is 5.45. The molecule has 1 aromatic rings. The van der Waals surface area contributed by atoms with Crippen molar-refractivity contribution in [2.75, 3.05) is 14.2 Å². The molecule has 2 rings (SSSR count). The van der Waals surface area contributed by atoms with Crippen LogP contribution < -0.4 is 9.92 Å². The molecule has 1 aliphatic rings. The van der Waals surface area contributed by atoms with Crippen molar-refractivity contribution in [1.29, 1.82) is 0 Å². The van der Waals surface area contributed by atoms with Gasteiger partial charge in [0.15, 0.2) is 0 Å². The average Bonchev–Trinajstić information content (AvgIpc) is 2.46. The fourth-order valence-electron chi connectivity index (χ4n) is 2.46. The Morgan fingerprint density at radius 2 is 2.00 bits per heavy atom. The van der Waals surface area contributed by atoms with Crippen LogP contribution in [0.1, 0.15) is 32.3 Å². The summed E-state index contributed by atoms with van der Waals surface area (Å²) in [6, 6.07) is 6.13. The van der Waals surface area contributed by atoms with Gasteiger partial charge in [-0.05, 0) is 30.3 Å². The first-order valence-electron chi connectivity index (χ1n) is 7.03. The van der Waals surface area contributed by atoms with Crippen LogP contribution in [0, 0.1) is 0 Å². The van der Waals surface area contributed by atoms with Crippen molar-refractivity contribution in [3.8, 4) is 5.75 Å². The zero-order chi connectivity index (χ0) is 14.8. The third-order valence-electron chi connectivity index (χ3n) is 3.93. The van der Waals surface area contributed by atoms with Crippen molar-refractivity contribution < 1.29 is 18.3 Å². The van der Waals surface area contributed by atoms with Gasteiger partial charge in [-0.1, -0.05) is 13.0 Å². The van der Waals surface area contributed by atoms with E-state index in [4.69, 9.17) is 18.3 Å². The van der Waals surface area contributed by atoms with E-state index in [-0.39, 0.29) is 0 Å². The van der Waals surface area contributed by atoms with Gasteiger partial charge in [0.05, 0.1) is 6.61 Å². The monoisotopic (exact) mass is 296 g/mol. The average molecular weight is 296 g/mol. The number of benzene rings is 1. The zero-order valence-electron chi connectivity index (χ0n) is 13.0. The smallest absolute Gasteiger partial charge is 0.368 e. The third kappa shape index (κ3) is 2.91. The summed E-state index contributed by atoms with van der Waals surface area (Å²) < 4.78 is 23.0. The molecule has 0 radical (unpaired) electrons. The highest BCUT2D eigenvalue weighted by Gasteiger charge is 2.35. The van der Waals surface area contributed by atoms with Gasteiger partial charge in [-0.15, -0.1) is 0 Å². The third-order valence-corrected chi connectivity index (χ3v) is 6.84. The van der Waals surface area contributed by atoms with Crippen LogP contribution in [0.25, 0.3) is 0 Å². The topological polar surface area (TPSA) is 36.9 Å². The molecule has 20 heavy (non-hydrogen) atoms. The molecule has 0 spiro atoms. The molecule has 0 amide bonds. The molecule has 0 bridgehead atoms. The van der Waals surface area contributed by atoms with E-state index >= 15 is 0 Å². The Labute approximate surface area is 122 Å². The fourth-order valence-corrected chi connectivity index (χ4v) is 3.92. The molecule has 112 valence electrons. The van der Waals surface area contributed by atoms with E-state index < -0.39 is 14.3 Å². The van der Waals surface area contributed by atoms with Crippen molar-refractivity contribution in [3.05, 3.63) is 23.8 Å². The quantitative estimate of drug-likeness (QED) is 0.783. The summed E-state index contributed by atoms with van der Waals surface area (Å²) in [5.41, 5.74) is 1.06. The van der Waals surface area contributed by atoms with E-state index in [2.05, 4.69) is 13.0 Å². The van der Waals surface area contributed by atoms with Crippen molar-refractivity contribution in [3.63, 3.8) is 0 Å². The molecule has 1 atom stereocenters. The number of hydrogen-bond donors (Lipinski definition) is 0. The predicted molar refractivity (Wildman–Crippen MR) is 80.4 cm³/mol. The molecular formula is C15H24O4Si. The van der Waals surface area contributed by atoms with Crippen LogP contribution in [0.2, 0.25) is 6.55 Å². The standard InChI is InChI=1S/C15H24O4Si/c1-6-9-15(2)18-11-12-10-13(7-8-14(12)19-15)20(5,16-3)17-4/h7-8,10H,6,9,11H2,1-5H3. The minimum atomic E-state index is -2.29. The summed E-state index contributed by atoms with van der Waals surface area (Å²) in [4.78, 5) is 0. The van der Waals surface area contributed by atoms with Crippen molar-refractivity contribution in [2.45, 2.75) is 45.6 Å². The Balaban J connectivity index is 2.27. The van der Waals surface area contributed by atoms with Crippen LogP contribution in [0.4, 0.5) is 0 Å². The number of ether oxygens (including phenoxy) is 2. The first-order chi connectivity index (χ1) is 9.46. The Bertz CT molecular complexity index is 473. The van der Waals surface area contributed by atoms with Gasteiger partial charge in [0.25, 0.3) is 0 Å². The summed E-state index contributed by atoms with van der Waals surface area (Å²) in [7, 11) is 1.10. The lowest BCUT2D eigenvalue weighted by Crippen LogP contribution is -2.50. The van der Waals surface area contributed by atoms with Gasteiger partial charge in [-0.2, -0.15) is 0 Å². The lowest BCUT2D eigenvalue weighted by molar-refractivity contribution is -0.197. The van der Waals surface area contributed by atoms with E-state index in [1.165, 1.54) is 0 Å². The lowest BCUT2D eigenvalue weighted by atomic mass is 10.1. The van der Waals surface area contributed by atoms with Gasteiger partial charge in [0.2, 0.25) is 5.79 Å². The van der Waals surface area contributed by atoms with Crippen LogP contribution in [0.3, 0.4) is 0 Å². The van der Waals surface area contributed by atoms with E-state index in [1.807, 2.05) is 25.6 Å². The maximum Gasteiger partial charge on any atom is 0.368 e. The highest BCUT2D eigenvalue weighted by molar-refractivity contribution is 6.79. The first-order valence-corrected chi connectivity index (χ1v) is 9.34. The van der Waals surface area contributed by atoms with Gasteiger partial charge in [0.1, 0.15) is 5.75 Å². The molecule has 4 nitrogen and oxygen atoms in total. The predicted octanol–water partition coefficient (Wildman–Crippen LogP) is 2.68. The van der Waals surface area contributed by atoms with Gasteiger partial charge in [0, 0.05) is 33.1 Å². The Morgan fingerprint density at radius 3 is 2.60 bits per heavy atom. The van der Waals surface area contributed by atoms with E-state index in [0.717, 1.165) is 29.3 Å². The highest BCUT2D eigenvalue weighted by Crippen LogP contribution is 2.33. The summed E-state index contributed by atoms with van der Waals surface area (Å²) >= 11 is 0. The first kappa shape index (κ1) is 15.5. The zero-order valence-corrected chi connectivity index (χ0v) is 14.0. The number of fused-ring (bicyclic) bond motifs is 1. The molecule has 0 N–H and O–H groups in total. The Morgan fingerprint density at radius 1 is 1.30 bits per heavy atom. The molecule has 1 aliphatic heterocycles. The molecular weight excluding hydrogens is 272 g/mol. The molecule has 1 heterocycles. The van der Waals surface area contributed by atoms with Crippen LogP contribution in [-0.4, -0.2) is 28.6 Å². The lowest BCUT2D eigenvalue weighted by Gasteiger charge is -2.36. The molecule has 1 unspecified atom stereocenters. The van der Waals surface area contributed by atoms with Crippen LogP contribution >= 0.6 is 0 Å². The molecule has 5 heteroatoms. The van der Waals surface area contributed by atoms with Crippen molar-refractivity contribution in [1.82, 2.24) is 0 Å². The minimum Gasteiger partial charge on any atom is -0.462 e. The fraction of sp³-hybridized carbons (Fsp3) is 0.600. The number of hydrogen-bond acceptors (Lipinski definition) is 4. The molecule has 1 aromatic carbocycles. The second kappa shape index (κ2) is 5.85. The van der Waals surface area contributed by atoms with Gasteiger partial charge in [-0.3, -0.25) is 0 Å². The molecule has 0 aliphatic carbocycles. The maximum atomic E-state index is 6.01. The number of rotatable bonds is 5. The van der Waals surface area contributed by atoms with Crippen molar-refractivity contribution >= 4 is 13.7 Å². The minimum absolute atomic E-state index is 0.507. The van der Waals surface area contributed by atoms with E-state index in [0.29, 0.717) is 6.61 Å². The van der Waals surface area contributed by atoms with Crippen LogP contribution in [0.5, 0.6) is 5.75 Å². The maximum absolute atomic E-state index is 6.01. The highest BCUT2D eigenvalue weighted by atomic mass is 28.4. The molecule has 0 aromatic heterocycles. The van der Waals surface area contributed by atoms with Gasteiger partial charge >= 0.3 is 8.56 Å². The largest absolute Gasteiger partial charge is 0.462 e. The molecule has 0 saturated carbocycles. The Hall–Kier alpha value is -0.883. The summed E-state index contributed by atoms with van der Waals surface area (Å²) in [6.45, 7) is 6.72. The normalized spacial score (nSPS) is 22.2. The molecule has 0 fully saturated rings. The van der Waals surface area contributed by atoms with E-state index in [1.54, 1.807) is 14.2 Å². The van der Waals surface area contributed by atoms with Crippen LogP contribution in [0.15, 0.2) is 18.2 Å². The Kier molecular flexibility index (Phi) is 4.54. The SMILES string of the molecule is CCCC1(C)OCc2cc([Si](C)(OC)OC)ccc2O1. The summed E-state index contributed by atoms with van der Waals surface area (Å²) in [5.74, 6) is 0.395. The van der Waals surface area contributed by atoms with Gasteiger partial charge < -0.3 is 18.3 Å².